The lowest BCUT2D eigenvalue weighted by Gasteiger charge is -2.18. The van der Waals surface area contributed by atoms with Crippen LogP contribution in [0.1, 0.15) is 86.6 Å². The smallest absolute Gasteiger partial charge is 0.306 e. The number of ketones is 1. The lowest BCUT2D eigenvalue weighted by molar-refractivity contribution is -0.138. The number of halogens is 1. The summed E-state index contributed by atoms with van der Waals surface area (Å²) in [6.07, 6.45) is 6.94. The predicted molar refractivity (Wildman–Crippen MR) is 286 cm³/mol. The Hall–Kier alpha value is -5.37. The molecule has 2 aliphatic heterocycles. The number of Topliss-reactive ketones (excluding diaryl/α,β-unsaturated/α-hetero) is 1. The molecule has 6 aliphatic rings. The van der Waals surface area contributed by atoms with Crippen LogP contribution < -0.4 is 16.4 Å². The number of ether oxygens (including phenoxy) is 1. The molecule has 5 aromatic rings. The Morgan fingerprint density at radius 1 is 0.836 bits per heavy atom. The van der Waals surface area contributed by atoms with Crippen molar-refractivity contribution >= 4 is 59.3 Å². The highest BCUT2D eigenvalue weighted by Crippen LogP contribution is 2.40. The van der Waals surface area contributed by atoms with Crippen molar-refractivity contribution in [3.8, 4) is 22.5 Å². The number of sulfone groups is 1. The fourth-order valence-corrected chi connectivity index (χ4v) is 11.7. The molecule has 4 aromatic carbocycles. The second kappa shape index (κ2) is 23.9. The summed E-state index contributed by atoms with van der Waals surface area (Å²) in [4.78, 5) is 43.3. The number of hydrogen-bond acceptors (Lipinski definition) is 12. The first-order chi connectivity index (χ1) is 34.6. The number of epoxide rings is 1. The number of aromatic nitrogens is 2. The molecule has 9 atom stereocenters. The Balaban J connectivity index is 0.000000160. The molecule has 4 aliphatic carbocycles. The van der Waals surface area contributed by atoms with Gasteiger partial charge in [-0.1, -0.05) is 92.2 Å². The fourth-order valence-electron chi connectivity index (χ4n) is 8.25. The van der Waals surface area contributed by atoms with E-state index in [1.54, 1.807) is 67.8 Å². The lowest BCUT2D eigenvalue weighted by Crippen LogP contribution is -2.31. The number of hydrogen-bond donors (Lipinski definition) is 4. The first kappa shape index (κ1) is 55.4. The van der Waals surface area contributed by atoms with Crippen LogP contribution in [0.5, 0.6) is 0 Å². The maximum absolute atomic E-state index is 12.9. The van der Waals surface area contributed by atoms with Crippen LogP contribution >= 0.6 is 15.9 Å². The molecule has 3 heterocycles. The van der Waals surface area contributed by atoms with Crippen molar-refractivity contribution in [2.24, 2.45) is 35.5 Å². The average Bonchev–Trinajstić information content (AvgIpc) is 4.06. The summed E-state index contributed by atoms with van der Waals surface area (Å²) in [5.74, 6) is 2.59. The van der Waals surface area contributed by atoms with Gasteiger partial charge >= 0.3 is 5.97 Å². The van der Waals surface area contributed by atoms with E-state index < -0.39 is 25.8 Å². The minimum Gasteiger partial charge on any atom is -0.481 e. The molecule has 1 amide bonds. The number of nitrogens with one attached hydrogen (secondary N) is 2. The third-order valence-electron chi connectivity index (χ3n) is 14.0. The van der Waals surface area contributed by atoms with Crippen LogP contribution in [0.15, 0.2) is 118 Å². The highest BCUT2D eigenvalue weighted by atomic mass is 79.9. The molecule has 18 heteroatoms. The summed E-state index contributed by atoms with van der Waals surface area (Å²) in [5.41, 5.74) is 11.2. The Morgan fingerprint density at radius 2 is 1.42 bits per heavy atom. The van der Waals surface area contributed by atoms with Gasteiger partial charge in [0.1, 0.15) is 11.5 Å². The van der Waals surface area contributed by atoms with Gasteiger partial charge in [-0.3, -0.25) is 14.4 Å². The summed E-state index contributed by atoms with van der Waals surface area (Å²) in [5, 5.41) is 14.3. The van der Waals surface area contributed by atoms with E-state index in [0.29, 0.717) is 82.3 Å². The number of sulfonamides is 1. The first-order valence-electron chi connectivity index (χ1n) is 24.9. The number of nitrogens with zero attached hydrogens (tertiary/aromatic N) is 3. The Labute approximate surface area is 438 Å². The summed E-state index contributed by atoms with van der Waals surface area (Å²) in [7, 11) is -4.97. The number of fused-ring (bicyclic) bond motifs is 1. The zero-order chi connectivity index (χ0) is 52.8. The van der Waals surface area contributed by atoms with Crippen molar-refractivity contribution in [2.45, 2.75) is 94.7 Å². The van der Waals surface area contributed by atoms with Crippen LogP contribution in [0.3, 0.4) is 0 Å². The van der Waals surface area contributed by atoms with Gasteiger partial charge in [-0.2, -0.15) is 4.31 Å². The highest BCUT2D eigenvalue weighted by molar-refractivity contribution is 9.10. The molecule has 0 spiro atoms. The number of nitrogen functional groups attached to an aromatic ring is 1. The van der Waals surface area contributed by atoms with Crippen molar-refractivity contribution in [3.05, 3.63) is 124 Å². The van der Waals surface area contributed by atoms with Crippen LogP contribution in [0.25, 0.3) is 22.5 Å². The van der Waals surface area contributed by atoms with Gasteiger partial charge in [0.05, 0.1) is 52.6 Å². The molecular weight excluding hydrogens is 1030 g/mol. The van der Waals surface area contributed by atoms with Gasteiger partial charge in [0, 0.05) is 52.4 Å². The molecule has 390 valence electrons. The molecule has 4 saturated carbocycles. The van der Waals surface area contributed by atoms with Gasteiger partial charge in [-0.25, -0.2) is 26.8 Å². The number of rotatable bonds is 13. The standard InChI is InChI=1S/C24H25N5O3S.C12H15NO.C11H13BrO2S.C5H8O2.C3H6O/c1-14-11-21(14)29(2)33(31,32)18-6-3-15(4-7-18)20-13-27-23(25)22(28-20)17-5-8-19-16(12-17)9-10-26-24(19)30;1-9-7-11(9)13-8-12(14)10-5-3-2-4-6-10;1-8-6-9(8)7-15(13,14)11-4-2-10(12)3-5-11;1-3-2-4(3)5(6)7;1-3-2-4-3/h3-8,12-14,21H,9-11H2,1-2H3,(H2,25,27)(H,26,30);2-6,9,11,13H,7-8H2,1H3;2-5,8-9H,6-7H2,1H3;3-4H,2H2,1H3,(H,6,7);3H,2H2,1H3/t14-,21-;9-,11-;8-,9+;3-,4-;3-/m11110/s1. The zero-order valence-corrected chi connectivity index (χ0v) is 45.4. The Morgan fingerprint density at radius 3 is 1.95 bits per heavy atom. The molecule has 5 N–H and O–H groups in total. The van der Waals surface area contributed by atoms with Gasteiger partial charge in [0.15, 0.2) is 15.6 Å². The maximum atomic E-state index is 12.9. The largest absolute Gasteiger partial charge is 0.481 e. The summed E-state index contributed by atoms with van der Waals surface area (Å²) in [6, 6.07) is 29.1. The van der Waals surface area contributed by atoms with E-state index in [4.69, 9.17) is 20.6 Å². The Kier molecular flexibility index (Phi) is 18.1. The van der Waals surface area contributed by atoms with E-state index in [-0.39, 0.29) is 28.5 Å². The number of nitrogens with two attached hydrogens (primary N) is 1. The second-order valence-electron chi connectivity index (χ2n) is 20.2. The number of anilines is 1. The fraction of sp³-hybridized carbons (Fsp3) is 0.436. The molecular formula is C55H67BrN6O9S2. The minimum atomic E-state index is -3.53. The predicted octanol–water partition coefficient (Wildman–Crippen LogP) is 8.59. The zero-order valence-electron chi connectivity index (χ0n) is 42.2. The van der Waals surface area contributed by atoms with Crippen LogP contribution in [0, 0.1) is 35.5 Å². The number of aliphatic carboxylic acids is 1. The summed E-state index contributed by atoms with van der Waals surface area (Å²) >= 11 is 3.29. The number of benzene rings is 4. The number of carboxylic acid groups (broad SMARTS) is 1. The molecule has 11 rings (SSSR count). The van der Waals surface area contributed by atoms with Crippen molar-refractivity contribution in [2.75, 3.05) is 38.2 Å². The third-order valence-corrected chi connectivity index (χ3v) is 18.3. The molecule has 0 bridgehead atoms. The van der Waals surface area contributed by atoms with Gasteiger partial charge in [-0.15, -0.1) is 0 Å². The van der Waals surface area contributed by atoms with Gasteiger partial charge in [-0.05, 0) is 123 Å². The Bertz CT molecular complexity index is 2980. The number of amides is 1. The van der Waals surface area contributed by atoms with Crippen LogP contribution in [0.4, 0.5) is 5.82 Å². The van der Waals surface area contributed by atoms with E-state index in [1.807, 2.05) is 49.4 Å². The van der Waals surface area contributed by atoms with Gasteiger partial charge in [0.2, 0.25) is 10.0 Å². The summed E-state index contributed by atoms with van der Waals surface area (Å²) < 4.78 is 56.7. The van der Waals surface area contributed by atoms with Gasteiger partial charge < -0.3 is 26.2 Å². The van der Waals surface area contributed by atoms with Gasteiger partial charge in [0.25, 0.3) is 5.91 Å². The third kappa shape index (κ3) is 15.6. The van der Waals surface area contributed by atoms with Crippen molar-refractivity contribution in [3.63, 3.8) is 0 Å². The summed E-state index contributed by atoms with van der Waals surface area (Å²) in [6.45, 7) is 12.4. The first-order valence-corrected chi connectivity index (χ1v) is 28.8. The van der Waals surface area contributed by atoms with Crippen LogP contribution in [0.2, 0.25) is 0 Å². The number of carboxylic acids is 1. The molecule has 1 saturated heterocycles. The number of carbonyl (C=O) groups excluding carboxylic acids is 2. The van der Waals surface area contributed by atoms with E-state index in [0.717, 1.165) is 64.9 Å². The molecule has 15 nitrogen and oxygen atoms in total. The van der Waals surface area contributed by atoms with E-state index >= 15 is 0 Å². The van der Waals surface area contributed by atoms with Crippen molar-refractivity contribution < 1.29 is 41.1 Å². The molecule has 1 aromatic heterocycles. The molecule has 0 radical (unpaired) electrons. The van der Waals surface area contributed by atoms with Crippen molar-refractivity contribution in [1.29, 1.82) is 0 Å². The minimum absolute atomic E-state index is 0.0139. The molecule has 73 heavy (non-hydrogen) atoms. The van der Waals surface area contributed by atoms with Crippen molar-refractivity contribution in [1.82, 2.24) is 24.9 Å². The van der Waals surface area contributed by atoms with Crippen LogP contribution in [-0.2, 0) is 35.8 Å². The SMILES string of the molecule is C[C@@H]1C[C@H]1C(=O)O.C[C@@H]1C[C@H]1CS(=O)(=O)c1ccc(Br)cc1.C[C@@H]1C[C@H]1N(C)S(=O)(=O)c1ccc(-c2cnc(N)c(-c3ccc4c(c3)CCNC4=O)n2)cc1.C[C@@H]1C[C@H]1NCC(=O)c1ccccc1.C[C@H]1CO1. The van der Waals surface area contributed by atoms with E-state index in [1.165, 1.54) is 10.7 Å². The molecule has 0 unspecified atom stereocenters. The topological polar surface area (TPSA) is 231 Å². The molecule has 5 fully saturated rings. The highest BCUT2D eigenvalue weighted by Gasteiger charge is 2.42. The normalized spacial score (nSPS) is 24.7. The maximum Gasteiger partial charge on any atom is 0.306 e. The number of carbonyl (C=O) groups is 3. The second-order valence-corrected chi connectivity index (χ2v) is 25.1. The quantitative estimate of drug-likeness (QED) is 0.0640. The van der Waals surface area contributed by atoms with E-state index in [9.17, 15) is 31.2 Å². The van der Waals surface area contributed by atoms with E-state index in [2.05, 4.69) is 59.2 Å². The lowest BCUT2D eigenvalue weighted by atomic mass is 9.96. The van der Waals surface area contributed by atoms with Crippen LogP contribution in [-0.4, -0.2) is 105 Å². The monoisotopic (exact) mass is 1100 g/mol. The average molecular weight is 1100 g/mol.